The van der Waals surface area contributed by atoms with Gasteiger partial charge in [0.15, 0.2) is 0 Å². The molecule has 2 aromatic rings. The first-order valence-corrected chi connectivity index (χ1v) is 11.7. The third-order valence-corrected chi connectivity index (χ3v) is 6.71. The van der Waals surface area contributed by atoms with Gasteiger partial charge in [0.25, 0.3) is 0 Å². The Balaban J connectivity index is 1.60. The number of aromatic nitrogens is 2. The smallest absolute Gasteiger partial charge is 0.240 e. The lowest BCUT2D eigenvalue weighted by atomic mass is 10.1. The van der Waals surface area contributed by atoms with Crippen LogP contribution in [0.2, 0.25) is 0 Å². The number of nitrogens with one attached hydrogen (secondary N) is 1. The largest absolute Gasteiger partial charge is 0.496 e. The Hall–Kier alpha value is -2.39. The number of methoxy groups -OCH3 is 1. The average Bonchev–Trinajstić information content (AvgIpc) is 2.72. The van der Waals surface area contributed by atoms with Crippen LogP contribution in [-0.4, -0.2) is 51.7 Å². The highest BCUT2D eigenvalue weighted by atomic mass is 32.2. The van der Waals surface area contributed by atoms with E-state index in [0.717, 1.165) is 37.3 Å². The summed E-state index contributed by atoms with van der Waals surface area (Å²) in [4.78, 5) is 11.3. The second-order valence-corrected chi connectivity index (χ2v) is 9.23. The Labute approximate surface area is 178 Å². The van der Waals surface area contributed by atoms with Gasteiger partial charge < -0.3 is 14.4 Å². The van der Waals surface area contributed by atoms with Crippen molar-refractivity contribution in [3.63, 3.8) is 0 Å². The zero-order valence-electron chi connectivity index (χ0n) is 18.1. The summed E-state index contributed by atoms with van der Waals surface area (Å²) in [6.45, 7) is 7.67. The minimum atomic E-state index is -3.65. The Morgan fingerprint density at radius 3 is 2.47 bits per heavy atom. The Morgan fingerprint density at radius 2 is 1.77 bits per heavy atom. The second kappa shape index (κ2) is 9.61. The number of sulfonamides is 1. The predicted molar refractivity (Wildman–Crippen MR) is 116 cm³/mol. The molecular weight excluding hydrogens is 404 g/mol. The fourth-order valence-electron chi connectivity index (χ4n) is 3.57. The van der Waals surface area contributed by atoms with E-state index in [1.807, 2.05) is 19.9 Å². The molecule has 0 unspecified atom stereocenters. The van der Waals surface area contributed by atoms with E-state index in [2.05, 4.69) is 19.6 Å². The maximum absolute atomic E-state index is 12.7. The standard InChI is InChI=1S/C21H30N4O4S/c1-15-13-19(16(2)12-18(15)28-4)30(26,27)22-8-11-29-21-14-20(23-17(3)24-21)25-9-6-5-7-10-25/h12-14,22H,5-11H2,1-4H3. The molecule has 3 rings (SSSR count). The Kier molecular flexibility index (Phi) is 7.14. The van der Waals surface area contributed by atoms with Gasteiger partial charge in [0.1, 0.15) is 24.0 Å². The van der Waals surface area contributed by atoms with Gasteiger partial charge in [-0.05, 0) is 63.3 Å². The van der Waals surface area contributed by atoms with Crippen LogP contribution >= 0.6 is 0 Å². The number of anilines is 1. The molecule has 1 N–H and O–H groups in total. The van der Waals surface area contributed by atoms with Gasteiger partial charge in [-0.25, -0.2) is 18.1 Å². The molecule has 1 aliphatic rings. The van der Waals surface area contributed by atoms with Gasteiger partial charge in [-0.2, -0.15) is 4.98 Å². The summed E-state index contributed by atoms with van der Waals surface area (Å²) < 4.78 is 38.9. The third kappa shape index (κ3) is 5.40. The van der Waals surface area contributed by atoms with Crippen LogP contribution in [0.25, 0.3) is 0 Å². The zero-order valence-corrected chi connectivity index (χ0v) is 18.9. The normalized spacial score (nSPS) is 14.6. The van der Waals surface area contributed by atoms with Gasteiger partial charge in [0, 0.05) is 25.7 Å². The minimum absolute atomic E-state index is 0.134. The summed E-state index contributed by atoms with van der Waals surface area (Å²) in [5.74, 6) is 2.62. The number of hydrogen-bond donors (Lipinski definition) is 1. The lowest BCUT2D eigenvalue weighted by Crippen LogP contribution is -2.30. The zero-order chi connectivity index (χ0) is 21.7. The molecule has 9 heteroatoms. The topological polar surface area (TPSA) is 93.7 Å². The number of piperidine rings is 1. The van der Waals surface area contributed by atoms with E-state index in [-0.39, 0.29) is 18.0 Å². The fraction of sp³-hybridized carbons (Fsp3) is 0.524. The van der Waals surface area contributed by atoms with Crippen molar-refractivity contribution in [2.45, 2.75) is 44.9 Å². The molecule has 0 aliphatic carbocycles. The molecule has 0 radical (unpaired) electrons. The first-order valence-electron chi connectivity index (χ1n) is 10.2. The van der Waals surface area contributed by atoms with Crippen molar-refractivity contribution in [1.29, 1.82) is 0 Å². The Bertz CT molecular complexity index is 989. The molecule has 1 saturated heterocycles. The maximum atomic E-state index is 12.7. The summed E-state index contributed by atoms with van der Waals surface area (Å²) in [7, 11) is -2.09. The summed E-state index contributed by atoms with van der Waals surface area (Å²) in [6.07, 6.45) is 3.56. The van der Waals surface area contributed by atoms with Crippen LogP contribution in [0.3, 0.4) is 0 Å². The first-order chi connectivity index (χ1) is 14.3. The van der Waals surface area contributed by atoms with Gasteiger partial charge in [-0.3, -0.25) is 0 Å². The van der Waals surface area contributed by atoms with Gasteiger partial charge >= 0.3 is 0 Å². The van der Waals surface area contributed by atoms with E-state index in [1.54, 1.807) is 26.2 Å². The van der Waals surface area contributed by atoms with Crippen molar-refractivity contribution in [2.75, 3.05) is 38.3 Å². The molecule has 0 saturated carbocycles. The van der Waals surface area contributed by atoms with Crippen molar-refractivity contribution in [2.24, 2.45) is 0 Å². The van der Waals surface area contributed by atoms with Crippen LogP contribution in [0.4, 0.5) is 5.82 Å². The molecule has 30 heavy (non-hydrogen) atoms. The number of aryl methyl sites for hydroxylation is 3. The van der Waals surface area contributed by atoms with Crippen molar-refractivity contribution < 1.29 is 17.9 Å². The van der Waals surface area contributed by atoms with Crippen LogP contribution < -0.4 is 19.1 Å². The monoisotopic (exact) mass is 434 g/mol. The molecule has 0 spiro atoms. The van der Waals surface area contributed by atoms with E-state index in [0.29, 0.717) is 23.0 Å². The SMILES string of the molecule is COc1cc(C)c(S(=O)(=O)NCCOc2cc(N3CCCCC3)nc(C)n2)cc1C. The number of nitrogens with zero attached hydrogens (tertiary/aromatic N) is 3. The second-order valence-electron chi connectivity index (χ2n) is 7.49. The summed E-state index contributed by atoms with van der Waals surface area (Å²) >= 11 is 0. The van der Waals surface area contributed by atoms with Crippen molar-refractivity contribution in [1.82, 2.24) is 14.7 Å². The molecule has 1 aromatic heterocycles. The molecule has 164 valence electrons. The van der Waals surface area contributed by atoms with E-state index >= 15 is 0 Å². The molecule has 2 heterocycles. The number of benzene rings is 1. The van der Waals surface area contributed by atoms with Crippen molar-refractivity contribution in [3.05, 3.63) is 35.2 Å². The molecule has 0 amide bonds. The van der Waals surface area contributed by atoms with E-state index in [1.165, 1.54) is 6.42 Å². The maximum Gasteiger partial charge on any atom is 0.240 e. The number of ether oxygens (including phenoxy) is 2. The van der Waals surface area contributed by atoms with Crippen molar-refractivity contribution in [3.8, 4) is 11.6 Å². The van der Waals surface area contributed by atoms with Gasteiger partial charge in [-0.15, -0.1) is 0 Å². The molecule has 1 fully saturated rings. The number of hydrogen-bond acceptors (Lipinski definition) is 7. The number of rotatable bonds is 8. The third-order valence-electron chi connectivity index (χ3n) is 5.11. The average molecular weight is 435 g/mol. The highest BCUT2D eigenvalue weighted by Crippen LogP contribution is 2.25. The predicted octanol–water partition coefficient (Wildman–Crippen LogP) is 2.76. The first kappa shape index (κ1) is 22.3. The van der Waals surface area contributed by atoms with E-state index in [9.17, 15) is 8.42 Å². The molecule has 8 nitrogen and oxygen atoms in total. The van der Waals surface area contributed by atoms with Gasteiger partial charge in [0.05, 0.1) is 12.0 Å². The van der Waals surface area contributed by atoms with Gasteiger partial charge in [0.2, 0.25) is 15.9 Å². The van der Waals surface area contributed by atoms with Gasteiger partial charge in [-0.1, -0.05) is 0 Å². The van der Waals surface area contributed by atoms with Crippen LogP contribution in [0.1, 0.15) is 36.2 Å². The summed E-state index contributed by atoms with van der Waals surface area (Å²) in [5, 5.41) is 0. The minimum Gasteiger partial charge on any atom is -0.496 e. The molecule has 1 aromatic carbocycles. The van der Waals surface area contributed by atoms with E-state index in [4.69, 9.17) is 9.47 Å². The van der Waals surface area contributed by atoms with Crippen LogP contribution in [0, 0.1) is 20.8 Å². The van der Waals surface area contributed by atoms with Crippen LogP contribution in [0.15, 0.2) is 23.1 Å². The summed E-state index contributed by atoms with van der Waals surface area (Å²) in [5.41, 5.74) is 1.39. The highest BCUT2D eigenvalue weighted by Gasteiger charge is 2.19. The van der Waals surface area contributed by atoms with Crippen LogP contribution in [-0.2, 0) is 10.0 Å². The lowest BCUT2D eigenvalue weighted by molar-refractivity contribution is 0.309. The molecular formula is C21H30N4O4S. The molecule has 0 atom stereocenters. The quantitative estimate of drug-likeness (QED) is 0.639. The van der Waals surface area contributed by atoms with E-state index < -0.39 is 10.0 Å². The fourth-order valence-corrected chi connectivity index (χ4v) is 4.89. The van der Waals surface area contributed by atoms with Crippen LogP contribution in [0.5, 0.6) is 11.6 Å². The Morgan fingerprint density at radius 1 is 1.03 bits per heavy atom. The summed E-state index contributed by atoms with van der Waals surface area (Å²) in [6, 6.07) is 5.17. The van der Waals surface area contributed by atoms with Crippen molar-refractivity contribution >= 4 is 15.8 Å². The highest BCUT2D eigenvalue weighted by molar-refractivity contribution is 7.89. The molecule has 0 bridgehead atoms. The molecule has 1 aliphatic heterocycles. The lowest BCUT2D eigenvalue weighted by Gasteiger charge is -2.28.